The summed E-state index contributed by atoms with van der Waals surface area (Å²) in [4.78, 5) is 29.2. The van der Waals surface area contributed by atoms with Crippen molar-refractivity contribution in [3.8, 4) is 21.8 Å². The minimum Gasteiger partial charge on any atom is -0.258 e. The Labute approximate surface area is 141 Å². The van der Waals surface area contributed by atoms with Crippen LogP contribution in [0, 0.1) is 17.0 Å². The van der Waals surface area contributed by atoms with E-state index in [1.807, 2.05) is 17.5 Å². The summed E-state index contributed by atoms with van der Waals surface area (Å²) in [6.07, 6.45) is 1.51. The molecule has 6 nitrogen and oxygen atoms in total. The maximum Gasteiger partial charge on any atom is 0.272 e. The van der Waals surface area contributed by atoms with E-state index in [4.69, 9.17) is 0 Å². The van der Waals surface area contributed by atoms with Gasteiger partial charge in [0.25, 0.3) is 5.69 Å². The second-order valence-corrected chi connectivity index (χ2v) is 5.91. The van der Waals surface area contributed by atoms with Crippen molar-refractivity contribution >= 4 is 28.8 Å². The van der Waals surface area contributed by atoms with Crippen LogP contribution in [-0.2, 0) is 4.79 Å². The van der Waals surface area contributed by atoms with Gasteiger partial charge < -0.3 is 0 Å². The average Bonchev–Trinajstić information content (AvgIpc) is 3.06. The Morgan fingerprint density at radius 1 is 1.21 bits per heavy atom. The van der Waals surface area contributed by atoms with E-state index in [9.17, 15) is 14.9 Å². The molecule has 0 bridgehead atoms. The van der Waals surface area contributed by atoms with Gasteiger partial charge in [-0.25, -0.2) is 9.78 Å². The summed E-state index contributed by atoms with van der Waals surface area (Å²) in [5.74, 6) is 0. The molecule has 0 unspecified atom stereocenters. The molecule has 118 valence electrons. The molecule has 0 aliphatic heterocycles. The van der Waals surface area contributed by atoms with E-state index in [-0.39, 0.29) is 5.69 Å². The Kier molecular flexibility index (Phi) is 4.29. The summed E-state index contributed by atoms with van der Waals surface area (Å²) >= 11 is 1.42. The Balaban J connectivity index is 1.99. The van der Waals surface area contributed by atoms with E-state index in [2.05, 4.69) is 9.98 Å². The number of aliphatic imine (C=N–C) groups is 1. The third kappa shape index (κ3) is 3.12. The number of aromatic nitrogens is 1. The molecule has 3 rings (SSSR count). The van der Waals surface area contributed by atoms with Crippen LogP contribution in [0.15, 0.2) is 52.8 Å². The largest absolute Gasteiger partial charge is 0.272 e. The summed E-state index contributed by atoms with van der Waals surface area (Å²) in [7, 11) is 0. The van der Waals surface area contributed by atoms with Gasteiger partial charge in [0.2, 0.25) is 6.08 Å². The van der Waals surface area contributed by atoms with Crippen molar-refractivity contribution in [1.29, 1.82) is 0 Å². The lowest BCUT2D eigenvalue weighted by Gasteiger charge is -2.00. The fraction of sp³-hybridized carbons (Fsp3) is 0.0588. The molecule has 3 aromatic rings. The number of rotatable bonds is 4. The molecule has 0 amide bonds. The van der Waals surface area contributed by atoms with Crippen LogP contribution in [0.1, 0.15) is 5.56 Å². The number of nitro benzene ring substituents is 1. The maximum atomic E-state index is 11.1. The van der Waals surface area contributed by atoms with Crippen molar-refractivity contribution in [2.75, 3.05) is 0 Å². The molecule has 0 saturated heterocycles. The van der Waals surface area contributed by atoms with E-state index in [1.165, 1.54) is 23.5 Å². The van der Waals surface area contributed by atoms with E-state index < -0.39 is 4.92 Å². The second-order valence-electron chi connectivity index (χ2n) is 5.05. The van der Waals surface area contributed by atoms with Gasteiger partial charge >= 0.3 is 0 Å². The third-order valence-electron chi connectivity index (χ3n) is 3.47. The minimum absolute atomic E-state index is 0.0735. The van der Waals surface area contributed by atoms with Gasteiger partial charge in [0.1, 0.15) is 5.01 Å². The van der Waals surface area contributed by atoms with Gasteiger partial charge in [-0.1, -0.05) is 24.3 Å². The van der Waals surface area contributed by atoms with Crippen molar-refractivity contribution in [2.24, 2.45) is 4.99 Å². The van der Waals surface area contributed by atoms with E-state index in [0.717, 1.165) is 10.6 Å². The lowest BCUT2D eigenvalue weighted by molar-refractivity contribution is -0.385. The summed E-state index contributed by atoms with van der Waals surface area (Å²) in [6, 6.07) is 12.1. The molecule has 2 aromatic carbocycles. The monoisotopic (exact) mass is 337 g/mol. The number of isocyanates is 1. The van der Waals surface area contributed by atoms with Crippen molar-refractivity contribution < 1.29 is 9.72 Å². The zero-order valence-electron chi connectivity index (χ0n) is 12.6. The normalized spacial score (nSPS) is 10.2. The van der Waals surface area contributed by atoms with Gasteiger partial charge in [-0.15, -0.1) is 11.3 Å². The van der Waals surface area contributed by atoms with E-state index in [1.54, 1.807) is 31.2 Å². The molecule has 0 saturated carbocycles. The number of nitrogens with zero attached hydrogens (tertiary/aromatic N) is 3. The Morgan fingerprint density at radius 2 is 2.04 bits per heavy atom. The minimum atomic E-state index is -0.396. The first kappa shape index (κ1) is 15.7. The molecule has 0 N–H and O–H groups in total. The number of aryl methyl sites for hydroxylation is 1. The van der Waals surface area contributed by atoms with Gasteiger partial charge in [0.15, 0.2) is 0 Å². The standard InChI is InChI=1S/C17H11N3O3S/c1-11-5-6-12(8-16(11)20(22)23)15-9-24-17(19-15)13-3-2-4-14(7-13)18-10-21/h2-9H,1H3. The van der Waals surface area contributed by atoms with Crippen LogP contribution in [0.2, 0.25) is 0 Å². The van der Waals surface area contributed by atoms with Crippen LogP contribution < -0.4 is 0 Å². The molecule has 0 radical (unpaired) electrons. The molecule has 7 heteroatoms. The lowest BCUT2D eigenvalue weighted by atomic mass is 10.1. The predicted molar refractivity (Wildman–Crippen MR) is 92.2 cm³/mol. The molecule has 24 heavy (non-hydrogen) atoms. The van der Waals surface area contributed by atoms with Crippen LogP contribution >= 0.6 is 11.3 Å². The Bertz CT molecular complexity index is 975. The molecule has 0 spiro atoms. The number of thiazole rings is 1. The van der Waals surface area contributed by atoms with Gasteiger partial charge in [-0.2, -0.15) is 4.99 Å². The SMILES string of the molecule is Cc1ccc(-c2csc(-c3cccc(N=C=O)c3)n2)cc1[N+](=O)[O-]. The smallest absolute Gasteiger partial charge is 0.258 e. The molecular weight excluding hydrogens is 326 g/mol. The molecule has 1 heterocycles. The summed E-state index contributed by atoms with van der Waals surface area (Å²) in [5.41, 5.74) is 3.37. The van der Waals surface area contributed by atoms with E-state index >= 15 is 0 Å². The number of benzene rings is 2. The lowest BCUT2D eigenvalue weighted by Crippen LogP contribution is -1.92. The highest BCUT2D eigenvalue weighted by atomic mass is 32.1. The summed E-state index contributed by atoms with van der Waals surface area (Å²) < 4.78 is 0. The van der Waals surface area contributed by atoms with Crippen molar-refractivity contribution in [3.63, 3.8) is 0 Å². The molecular formula is C17H11N3O3S. The first-order valence-corrected chi connectivity index (χ1v) is 7.85. The van der Waals surface area contributed by atoms with Gasteiger partial charge in [0, 0.05) is 28.1 Å². The first-order valence-electron chi connectivity index (χ1n) is 6.98. The third-order valence-corrected chi connectivity index (χ3v) is 4.36. The van der Waals surface area contributed by atoms with E-state index in [0.29, 0.717) is 22.5 Å². The number of hydrogen-bond donors (Lipinski definition) is 0. The van der Waals surface area contributed by atoms with Crippen molar-refractivity contribution in [1.82, 2.24) is 4.98 Å². The number of carbonyl (C=O) groups excluding carboxylic acids is 1. The summed E-state index contributed by atoms with van der Waals surface area (Å²) in [5, 5.41) is 13.7. The zero-order valence-corrected chi connectivity index (χ0v) is 13.4. The highest BCUT2D eigenvalue weighted by Crippen LogP contribution is 2.32. The van der Waals surface area contributed by atoms with Gasteiger partial charge in [-0.3, -0.25) is 10.1 Å². The van der Waals surface area contributed by atoms with Gasteiger partial charge in [0.05, 0.1) is 16.3 Å². The zero-order chi connectivity index (χ0) is 17.1. The number of hydrogen-bond acceptors (Lipinski definition) is 6. The quantitative estimate of drug-likeness (QED) is 0.300. The van der Waals surface area contributed by atoms with Crippen LogP contribution in [0.4, 0.5) is 11.4 Å². The first-order chi connectivity index (χ1) is 11.6. The molecule has 0 aliphatic rings. The molecule has 0 atom stereocenters. The molecule has 0 aliphatic carbocycles. The maximum absolute atomic E-state index is 11.1. The highest BCUT2D eigenvalue weighted by molar-refractivity contribution is 7.13. The van der Waals surface area contributed by atoms with Crippen LogP contribution in [-0.4, -0.2) is 16.0 Å². The van der Waals surface area contributed by atoms with Crippen LogP contribution in [0.5, 0.6) is 0 Å². The second kappa shape index (κ2) is 6.54. The number of nitro groups is 1. The molecule has 0 fully saturated rings. The van der Waals surface area contributed by atoms with Crippen molar-refractivity contribution in [3.05, 3.63) is 63.5 Å². The Morgan fingerprint density at radius 3 is 2.79 bits per heavy atom. The highest BCUT2D eigenvalue weighted by Gasteiger charge is 2.14. The topological polar surface area (TPSA) is 85.5 Å². The Hall–Kier alpha value is -3.15. The van der Waals surface area contributed by atoms with Gasteiger partial charge in [-0.05, 0) is 19.1 Å². The van der Waals surface area contributed by atoms with Crippen LogP contribution in [0.25, 0.3) is 21.8 Å². The van der Waals surface area contributed by atoms with Crippen molar-refractivity contribution in [2.45, 2.75) is 6.92 Å². The van der Waals surface area contributed by atoms with Crippen LogP contribution in [0.3, 0.4) is 0 Å². The predicted octanol–water partition coefficient (Wildman–Crippen LogP) is 4.66. The fourth-order valence-electron chi connectivity index (χ4n) is 2.27. The summed E-state index contributed by atoms with van der Waals surface area (Å²) in [6.45, 7) is 1.70. The fourth-order valence-corrected chi connectivity index (χ4v) is 3.09. The molecule has 1 aromatic heterocycles. The average molecular weight is 337 g/mol.